The summed E-state index contributed by atoms with van der Waals surface area (Å²) < 4.78 is 5.99. The molecule has 2 aliphatic heterocycles. The van der Waals surface area contributed by atoms with Gasteiger partial charge in [0.2, 0.25) is 0 Å². The van der Waals surface area contributed by atoms with E-state index in [1.54, 1.807) is 24.3 Å². The zero-order valence-corrected chi connectivity index (χ0v) is 20.0. The molecule has 0 aromatic heterocycles. The van der Waals surface area contributed by atoms with Crippen LogP contribution in [0.3, 0.4) is 0 Å². The Morgan fingerprint density at radius 1 is 0.853 bits per heavy atom. The SMILES string of the molecule is Oc1ccc(C2C(Cl)c3cc(O)ccc3N2Cc2ccc(OCCN3CCCCC3)cc2)cc1. The van der Waals surface area contributed by atoms with Crippen molar-refractivity contribution in [1.82, 2.24) is 4.90 Å². The minimum Gasteiger partial charge on any atom is -0.508 e. The van der Waals surface area contributed by atoms with Crippen molar-refractivity contribution >= 4 is 17.3 Å². The van der Waals surface area contributed by atoms with Crippen LogP contribution in [0.1, 0.15) is 47.4 Å². The summed E-state index contributed by atoms with van der Waals surface area (Å²) in [7, 11) is 0. The van der Waals surface area contributed by atoms with E-state index in [0.717, 1.165) is 34.7 Å². The maximum atomic E-state index is 10.0. The number of rotatable bonds is 7. The first kappa shape index (κ1) is 22.9. The van der Waals surface area contributed by atoms with Crippen LogP contribution >= 0.6 is 11.6 Å². The van der Waals surface area contributed by atoms with Crippen molar-refractivity contribution < 1.29 is 14.9 Å². The molecular formula is C28H31ClN2O3. The molecular weight excluding hydrogens is 448 g/mol. The molecule has 0 aliphatic carbocycles. The van der Waals surface area contributed by atoms with Gasteiger partial charge in [0.25, 0.3) is 0 Å². The number of benzene rings is 3. The minimum atomic E-state index is -0.316. The summed E-state index contributed by atoms with van der Waals surface area (Å²) in [6.07, 6.45) is 3.93. The van der Waals surface area contributed by atoms with Crippen LogP contribution in [-0.2, 0) is 6.54 Å². The van der Waals surface area contributed by atoms with Gasteiger partial charge >= 0.3 is 0 Å². The monoisotopic (exact) mass is 478 g/mol. The van der Waals surface area contributed by atoms with Crippen LogP contribution in [0.2, 0.25) is 0 Å². The summed E-state index contributed by atoms with van der Waals surface area (Å²) in [4.78, 5) is 4.75. The standard InChI is InChI=1S/C28H31ClN2O3/c29-27-25-18-23(33)10-13-26(25)31(28(27)21-6-8-22(32)9-7-21)19-20-4-11-24(12-5-20)34-17-16-30-14-2-1-3-15-30/h4-13,18,27-28,32-33H,1-3,14-17,19H2. The molecule has 2 aliphatic rings. The van der Waals surface area contributed by atoms with E-state index in [9.17, 15) is 10.2 Å². The predicted molar refractivity (Wildman–Crippen MR) is 136 cm³/mol. The highest BCUT2D eigenvalue weighted by Gasteiger charge is 2.38. The second-order valence-electron chi connectivity index (χ2n) is 9.20. The Hall–Kier alpha value is -2.89. The lowest BCUT2D eigenvalue weighted by Gasteiger charge is -2.29. The molecule has 5 rings (SSSR count). The Morgan fingerprint density at radius 3 is 2.29 bits per heavy atom. The number of likely N-dealkylation sites (tertiary alicyclic amines) is 1. The van der Waals surface area contributed by atoms with Crippen LogP contribution in [0.15, 0.2) is 66.7 Å². The van der Waals surface area contributed by atoms with Crippen LogP contribution < -0.4 is 9.64 Å². The fourth-order valence-corrected chi connectivity index (χ4v) is 5.53. The lowest BCUT2D eigenvalue weighted by Crippen LogP contribution is -2.33. The Labute approximate surface area is 206 Å². The first-order chi connectivity index (χ1) is 16.6. The number of alkyl halides is 1. The first-order valence-corrected chi connectivity index (χ1v) is 12.5. The number of phenols is 2. The molecule has 3 aromatic carbocycles. The topological polar surface area (TPSA) is 56.2 Å². The lowest BCUT2D eigenvalue weighted by atomic mass is 10.0. The van der Waals surface area contributed by atoms with Gasteiger partial charge in [-0.3, -0.25) is 4.90 Å². The molecule has 178 valence electrons. The van der Waals surface area contributed by atoms with Crippen molar-refractivity contribution in [3.05, 3.63) is 83.4 Å². The molecule has 5 nitrogen and oxygen atoms in total. The first-order valence-electron chi connectivity index (χ1n) is 12.0. The highest BCUT2D eigenvalue weighted by Crippen LogP contribution is 2.52. The largest absolute Gasteiger partial charge is 0.508 e. The average molecular weight is 479 g/mol. The fraction of sp³-hybridized carbons (Fsp3) is 0.357. The Kier molecular flexibility index (Phi) is 6.84. The van der Waals surface area contributed by atoms with Crippen LogP contribution in [0.5, 0.6) is 17.2 Å². The molecule has 2 unspecified atom stereocenters. The summed E-state index contributed by atoms with van der Waals surface area (Å²) in [6, 6.07) is 20.7. The van der Waals surface area contributed by atoms with Crippen LogP contribution in [0.4, 0.5) is 5.69 Å². The zero-order chi connectivity index (χ0) is 23.5. The number of phenolic OH excluding ortho intramolecular Hbond substituents is 2. The maximum absolute atomic E-state index is 10.0. The van der Waals surface area contributed by atoms with Crippen molar-refractivity contribution in [2.45, 2.75) is 37.2 Å². The van der Waals surface area contributed by atoms with Crippen LogP contribution in [0, 0.1) is 0 Å². The van der Waals surface area contributed by atoms with E-state index in [1.165, 1.54) is 32.4 Å². The highest BCUT2D eigenvalue weighted by molar-refractivity contribution is 6.22. The van der Waals surface area contributed by atoms with Crippen molar-refractivity contribution in [3.63, 3.8) is 0 Å². The summed E-state index contributed by atoms with van der Waals surface area (Å²) in [5.74, 6) is 1.32. The van der Waals surface area contributed by atoms with Crippen molar-refractivity contribution in [2.24, 2.45) is 0 Å². The molecule has 6 heteroatoms. The van der Waals surface area contributed by atoms with E-state index in [0.29, 0.717) is 13.2 Å². The summed E-state index contributed by atoms with van der Waals surface area (Å²) in [6.45, 7) is 4.71. The number of piperidine rings is 1. The quantitative estimate of drug-likeness (QED) is 0.407. The molecule has 0 spiro atoms. The van der Waals surface area contributed by atoms with Gasteiger partial charge in [-0.05, 0) is 85.1 Å². The summed E-state index contributed by atoms with van der Waals surface area (Å²) in [5.41, 5.74) is 4.10. The fourth-order valence-electron chi connectivity index (χ4n) is 5.07. The normalized spacial score (nSPS) is 20.3. The van der Waals surface area contributed by atoms with Gasteiger partial charge in [0.1, 0.15) is 23.9 Å². The van der Waals surface area contributed by atoms with E-state index >= 15 is 0 Å². The third-order valence-corrected chi connectivity index (χ3v) is 7.34. The van der Waals surface area contributed by atoms with E-state index in [4.69, 9.17) is 16.3 Å². The zero-order valence-electron chi connectivity index (χ0n) is 19.2. The number of anilines is 1. The Balaban J connectivity index is 1.30. The van der Waals surface area contributed by atoms with Gasteiger partial charge in [-0.25, -0.2) is 0 Å². The molecule has 2 heterocycles. The number of hydrogen-bond acceptors (Lipinski definition) is 5. The highest BCUT2D eigenvalue weighted by atomic mass is 35.5. The molecule has 0 bridgehead atoms. The Bertz CT molecular complexity index is 1100. The van der Waals surface area contributed by atoms with E-state index < -0.39 is 0 Å². The van der Waals surface area contributed by atoms with Gasteiger partial charge < -0.3 is 19.8 Å². The number of hydrogen-bond donors (Lipinski definition) is 2. The van der Waals surface area contributed by atoms with E-state index in [1.807, 2.05) is 30.3 Å². The molecule has 0 amide bonds. The van der Waals surface area contributed by atoms with Gasteiger partial charge in [-0.2, -0.15) is 0 Å². The predicted octanol–water partition coefficient (Wildman–Crippen LogP) is 6.00. The smallest absolute Gasteiger partial charge is 0.119 e. The second kappa shape index (κ2) is 10.2. The molecule has 1 fully saturated rings. The number of nitrogens with zero attached hydrogens (tertiary/aromatic N) is 2. The molecule has 0 radical (unpaired) electrons. The maximum Gasteiger partial charge on any atom is 0.119 e. The van der Waals surface area contributed by atoms with E-state index in [2.05, 4.69) is 21.9 Å². The average Bonchev–Trinajstić information content (AvgIpc) is 3.12. The number of fused-ring (bicyclic) bond motifs is 1. The molecule has 2 atom stereocenters. The van der Waals surface area contributed by atoms with Crippen molar-refractivity contribution in [1.29, 1.82) is 0 Å². The second-order valence-corrected chi connectivity index (χ2v) is 9.67. The molecule has 0 saturated carbocycles. The molecule has 34 heavy (non-hydrogen) atoms. The number of ether oxygens (including phenoxy) is 1. The Morgan fingerprint density at radius 2 is 1.56 bits per heavy atom. The molecule has 2 N–H and O–H groups in total. The number of halogens is 1. The molecule has 3 aromatic rings. The summed E-state index contributed by atoms with van der Waals surface area (Å²) in [5, 5.41) is 19.5. The number of aromatic hydroxyl groups is 2. The molecule has 1 saturated heterocycles. The van der Waals surface area contributed by atoms with Crippen molar-refractivity contribution in [2.75, 3.05) is 31.1 Å². The van der Waals surface area contributed by atoms with Gasteiger partial charge in [0, 0.05) is 18.8 Å². The minimum absolute atomic E-state index is 0.112. The van der Waals surface area contributed by atoms with Gasteiger partial charge in [-0.15, -0.1) is 11.6 Å². The van der Waals surface area contributed by atoms with Gasteiger partial charge in [-0.1, -0.05) is 30.7 Å². The van der Waals surface area contributed by atoms with Crippen LogP contribution in [0.25, 0.3) is 0 Å². The van der Waals surface area contributed by atoms with Crippen molar-refractivity contribution in [3.8, 4) is 17.2 Å². The van der Waals surface area contributed by atoms with Gasteiger partial charge in [0.05, 0.1) is 11.4 Å². The summed E-state index contributed by atoms with van der Waals surface area (Å²) >= 11 is 6.92. The van der Waals surface area contributed by atoms with E-state index in [-0.39, 0.29) is 22.9 Å². The van der Waals surface area contributed by atoms with Crippen LogP contribution in [-0.4, -0.2) is 41.4 Å². The third-order valence-electron chi connectivity index (χ3n) is 6.87. The van der Waals surface area contributed by atoms with Gasteiger partial charge in [0.15, 0.2) is 0 Å². The lowest BCUT2D eigenvalue weighted by molar-refractivity contribution is 0.183. The third kappa shape index (κ3) is 4.96.